The van der Waals surface area contributed by atoms with Gasteiger partial charge in [0.1, 0.15) is 23.9 Å². The zero-order valence-electron chi connectivity index (χ0n) is 27.5. The number of nitrogens with one attached hydrogen (secondary N) is 3. The van der Waals surface area contributed by atoms with E-state index in [0.29, 0.717) is 35.5 Å². The number of hydrogen-bond acceptors (Lipinski definition) is 8. The van der Waals surface area contributed by atoms with Crippen LogP contribution in [0.25, 0.3) is 0 Å². The van der Waals surface area contributed by atoms with Gasteiger partial charge in [-0.25, -0.2) is 24.1 Å². The van der Waals surface area contributed by atoms with Crippen molar-refractivity contribution in [2.75, 3.05) is 6.54 Å². The van der Waals surface area contributed by atoms with Crippen LogP contribution in [0.5, 0.6) is 0 Å². The van der Waals surface area contributed by atoms with Gasteiger partial charge in [0.25, 0.3) is 0 Å². The summed E-state index contributed by atoms with van der Waals surface area (Å²) >= 11 is 0. The summed E-state index contributed by atoms with van der Waals surface area (Å²) in [5.41, 5.74) is -0.322. The maximum absolute atomic E-state index is 13.8. The van der Waals surface area contributed by atoms with E-state index in [1.807, 2.05) is 18.2 Å². The number of alkyl carbamates (subject to hydrolysis) is 2. The van der Waals surface area contributed by atoms with E-state index in [-0.39, 0.29) is 26.0 Å². The zero-order valence-corrected chi connectivity index (χ0v) is 27.5. The Kier molecular flexibility index (Phi) is 9.02. The van der Waals surface area contributed by atoms with Crippen molar-refractivity contribution in [3.05, 3.63) is 35.9 Å². The minimum atomic E-state index is -1.28. The molecule has 0 aromatic heterocycles. The van der Waals surface area contributed by atoms with Gasteiger partial charge in [-0.05, 0) is 131 Å². The molecule has 0 radical (unpaired) electrons. The normalized spacial score (nSPS) is 34.2. The van der Waals surface area contributed by atoms with Crippen LogP contribution in [0.15, 0.2) is 30.3 Å². The van der Waals surface area contributed by atoms with E-state index in [4.69, 9.17) is 19.6 Å². The molecule has 1 atom stereocenters. The van der Waals surface area contributed by atoms with E-state index < -0.39 is 47.5 Å². The molecule has 4 N–H and O–H groups in total. The molecule has 12 heteroatoms. The largest absolute Gasteiger partial charge is 0.480 e. The maximum Gasteiger partial charge on any atom is 0.417 e. The molecule has 0 unspecified atom stereocenters. The van der Waals surface area contributed by atoms with Crippen LogP contribution in [-0.2, 0) is 25.6 Å². The Morgan fingerprint density at radius 1 is 0.792 bits per heavy atom. The van der Waals surface area contributed by atoms with Crippen molar-refractivity contribution in [2.45, 2.75) is 114 Å². The number of guanidine groups is 1. The highest BCUT2D eigenvalue weighted by Crippen LogP contribution is 2.58. The number of amides is 3. The Balaban J connectivity index is 0.981. The van der Waals surface area contributed by atoms with Crippen LogP contribution in [0, 0.1) is 40.9 Å². The Labute approximate surface area is 281 Å². The molecule has 8 saturated carbocycles. The molecule has 260 valence electrons. The molecule has 9 rings (SSSR count). The summed E-state index contributed by atoms with van der Waals surface area (Å²) in [4.78, 5) is 52.6. The Morgan fingerprint density at radius 2 is 1.29 bits per heavy atom. The summed E-state index contributed by atoms with van der Waals surface area (Å²) in [6.07, 6.45) is 9.79. The third-order valence-electron chi connectivity index (χ3n) is 12.0. The van der Waals surface area contributed by atoms with E-state index in [1.165, 1.54) is 38.5 Å². The van der Waals surface area contributed by atoms with Crippen molar-refractivity contribution in [3.63, 3.8) is 0 Å². The lowest BCUT2D eigenvalue weighted by Gasteiger charge is -2.55. The molecule has 8 aliphatic rings. The van der Waals surface area contributed by atoms with Crippen molar-refractivity contribution in [3.8, 4) is 0 Å². The predicted molar refractivity (Wildman–Crippen MR) is 173 cm³/mol. The number of ether oxygens (including phenoxy) is 3. The topological polar surface area (TPSA) is 167 Å². The number of aliphatic carboxylic acids is 1. The summed E-state index contributed by atoms with van der Waals surface area (Å²) in [7, 11) is 0. The van der Waals surface area contributed by atoms with Gasteiger partial charge in [0.05, 0.1) is 0 Å². The molecule has 8 fully saturated rings. The van der Waals surface area contributed by atoms with Gasteiger partial charge in [0.2, 0.25) is 5.96 Å². The number of carbonyl (C=O) groups is 4. The van der Waals surface area contributed by atoms with E-state index in [2.05, 4.69) is 10.6 Å². The summed E-state index contributed by atoms with van der Waals surface area (Å²) in [6.45, 7) is -0.0999. The van der Waals surface area contributed by atoms with E-state index in [0.717, 1.165) is 49.0 Å². The van der Waals surface area contributed by atoms with Gasteiger partial charge >= 0.3 is 24.2 Å². The molecule has 0 saturated heterocycles. The van der Waals surface area contributed by atoms with Crippen molar-refractivity contribution < 1.29 is 38.5 Å². The number of hydrogen-bond donors (Lipinski definition) is 4. The van der Waals surface area contributed by atoms with Crippen LogP contribution in [0.3, 0.4) is 0 Å². The first-order chi connectivity index (χ1) is 23.0. The Bertz CT molecular complexity index is 1350. The minimum absolute atomic E-state index is 0.00879. The fourth-order valence-corrected chi connectivity index (χ4v) is 10.9. The fraction of sp³-hybridized carbons (Fsp3) is 0.694. The average Bonchev–Trinajstić information content (AvgIpc) is 3.00. The highest BCUT2D eigenvalue weighted by Gasteiger charge is 2.55. The SMILES string of the molecule is N=C(NC(=O)OC12CC3CC(CC(C3)C1)C2)N(CCC[C@H](NC(=O)OCc1ccccc1)C(=O)O)C(=O)OC12CC3CC(CC(C3)C1)C2. The third-order valence-corrected chi connectivity index (χ3v) is 12.0. The predicted octanol–water partition coefficient (Wildman–Crippen LogP) is 6.18. The molecular weight excluding hydrogens is 616 g/mol. The van der Waals surface area contributed by atoms with Crippen molar-refractivity contribution in [1.29, 1.82) is 5.41 Å². The lowest BCUT2D eigenvalue weighted by molar-refractivity contribution is -0.139. The number of carboxylic acid groups (broad SMARTS) is 1. The van der Waals surface area contributed by atoms with E-state index in [1.54, 1.807) is 12.1 Å². The first-order valence-corrected chi connectivity index (χ1v) is 17.8. The van der Waals surface area contributed by atoms with Crippen LogP contribution in [0.1, 0.15) is 95.5 Å². The molecule has 48 heavy (non-hydrogen) atoms. The summed E-state index contributed by atoms with van der Waals surface area (Å²) in [5, 5.41) is 23.5. The van der Waals surface area contributed by atoms with Gasteiger partial charge in [0, 0.05) is 6.54 Å². The molecule has 8 aliphatic carbocycles. The van der Waals surface area contributed by atoms with Crippen LogP contribution in [-0.4, -0.2) is 64.0 Å². The van der Waals surface area contributed by atoms with Crippen molar-refractivity contribution in [1.82, 2.24) is 15.5 Å². The van der Waals surface area contributed by atoms with Gasteiger partial charge in [-0.1, -0.05) is 30.3 Å². The zero-order chi connectivity index (χ0) is 33.5. The number of carboxylic acids is 1. The molecule has 0 heterocycles. The first-order valence-electron chi connectivity index (χ1n) is 17.8. The fourth-order valence-electron chi connectivity index (χ4n) is 10.9. The molecule has 0 spiro atoms. The third kappa shape index (κ3) is 7.27. The smallest absolute Gasteiger partial charge is 0.417 e. The molecule has 3 amide bonds. The van der Waals surface area contributed by atoms with E-state index >= 15 is 0 Å². The van der Waals surface area contributed by atoms with Gasteiger partial charge in [-0.2, -0.15) is 0 Å². The van der Waals surface area contributed by atoms with Crippen molar-refractivity contribution >= 4 is 30.2 Å². The second kappa shape index (κ2) is 13.2. The number of carbonyl (C=O) groups excluding carboxylic acids is 3. The molecule has 12 nitrogen and oxygen atoms in total. The van der Waals surface area contributed by atoms with Crippen LogP contribution >= 0.6 is 0 Å². The first kappa shape index (κ1) is 32.7. The molecule has 8 bridgehead atoms. The van der Waals surface area contributed by atoms with Crippen LogP contribution < -0.4 is 10.6 Å². The molecular formula is C36H48N4O8. The lowest BCUT2D eigenvalue weighted by atomic mass is 9.54. The lowest BCUT2D eigenvalue weighted by Crippen LogP contribution is -2.57. The van der Waals surface area contributed by atoms with Gasteiger partial charge in [-0.3, -0.25) is 10.7 Å². The highest BCUT2D eigenvalue weighted by molar-refractivity contribution is 5.99. The maximum atomic E-state index is 13.8. The average molecular weight is 665 g/mol. The molecule has 1 aromatic rings. The molecule has 1 aromatic carbocycles. The van der Waals surface area contributed by atoms with Crippen LogP contribution in [0.4, 0.5) is 14.4 Å². The quantitative estimate of drug-likeness (QED) is 0.131. The monoisotopic (exact) mass is 664 g/mol. The number of nitrogens with zero attached hydrogens (tertiary/aromatic N) is 1. The number of benzene rings is 1. The van der Waals surface area contributed by atoms with Crippen LogP contribution in [0.2, 0.25) is 0 Å². The summed E-state index contributed by atoms with van der Waals surface area (Å²) < 4.78 is 17.5. The Hall–Kier alpha value is -3.83. The second-order valence-corrected chi connectivity index (χ2v) is 15.8. The summed E-state index contributed by atoms with van der Waals surface area (Å²) in [6, 6.07) is 7.77. The van der Waals surface area contributed by atoms with Gasteiger partial charge < -0.3 is 24.6 Å². The van der Waals surface area contributed by atoms with Gasteiger partial charge in [0.15, 0.2) is 0 Å². The second-order valence-electron chi connectivity index (χ2n) is 15.8. The highest BCUT2D eigenvalue weighted by atomic mass is 16.6. The van der Waals surface area contributed by atoms with Crippen molar-refractivity contribution in [2.24, 2.45) is 35.5 Å². The molecule has 0 aliphatic heterocycles. The number of rotatable bonds is 10. The summed E-state index contributed by atoms with van der Waals surface area (Å²) in [5.74, 6) is 1.62. The Morgan fingerprint density at radius 3 is 1.79 bits per heavy atom. The standard InChI is InChI=1S/C36H48N4O8/c37-31(39-33(44)47-35-15-23-9-24(16-35)11-25(10-23)17-35)40(34(45)48-36-18-26-12-27(19-36)14-28(13-26)20-36)8-4-7-29(30(41)42)38-32(43)46-21-22-5-2-1-3-6-22/h1-3,5-6,23-29H,4,7-21H2,(H,38,43)(H,41,42)(H2,37,39,44)/t23?,24?,25?,26?,27?,28?,29-,35?,36?/m0/s1. The van der Waals surface area contributed by atoms with E-state index in [9.17, 15) is 24.3 Å². The van der Waals surface area contributed by atoms with Gasteiger partial charge in [-0.15, -0.1) is 0 Å². The minimum Gasteiger partial charge on any atom is -0.480 e.